The minimum Gasteiger partial charge on any atom is -0.351 e. The van der Waals surface area contributed by atoms with Gasteiger partial charge in [-0.25, -0.2) is 13.8 Å². The summed E-state index contributed by atoms with van der Waals surface area (Å²) in [6.45, 7) is 4.36. The first kappa shape index (κ1) is 17.1. The molecule has 0 spiro atoms. The maximum Gasteiger partial charge on any atom is 0.257 e. The lowest BCUT2D eigenvalue weighted by atomic mass is 10.2. The van der Waals surface area contributed by atoms with Crippen LogP contribution in [0.25, 0.3) is 11.0 Å². The Morgan fingerprint density at radius 3 is 2.48 bits per heavy atom. The Labute approximate surface area is 144 Å². The summed E-state index contributed by atoms with van der Waals surface area (Å²) in [5, 5.41) is 2.57. The van der Waals surface area contributed by atoms with Crippen molar-refractivity contribution >= 4 is 16.9 Å². The summed E-state index contributed by atoms with van der Waals surface area (Å²) in [6.07, 6.45) is 0.467. The SMILES string of the molecule is CC(C)n1c(CCNC(=O)c2c(F)cccc2F)nc2ccccc21. The molecule has 0 aliphatic rings. The van der Waals surface area contributed by atoms with Gasteiger partial charge in [-0.15, -0.1) is 0 Å². The molecule has 3 aromatic rings. The molecule has 0 aliphatic heterocycles. The number of fused-ring (bicyclic) bond motifs is 1. The maximum absolute atomic E-state index is 13.6. The third kappa shape index (κ3) is 3.38. The Morgan fingerprint density at radius 1 is 1.12 bits per heavy atom. The van der Waals surface area contributed by atoms with Gasteiger partial charge in [-0.05, 0) is 38.1 Å². The number of carbonyl (C=O) groups excluding carboxylic acids is 1. The Morgan fingerprint density at radius 2 is 1.80 bits per heavy atom. The van der Waals surface area contributed by atoms with E-state index in [1.165, 1.54) is 6.07 Å². The molecule has 25 heavy (non-hydrogen) atoms. The normalized spacial score (nSPS) is 11.2. The molecule has 1 N–H and O–H groups in total. The van der Waals surface area contributed by atoms with Gasteiger partial charge < -0.3 is 9.88 Å². The number of benzene rings is 2. The van der Waals surface area contributed by atoms with Crippen LogP contribution in [0.5, 0.6) is 0 Å². The quantitative estimate of drug-likeness (QED) is 0.764. The van der Waals surface area contributed by atoms with Crippen LogP contribution in [0.1, 0.15) is 36.1 Å². The van der Waals surface area contributed by atoms with Gasteiger partial charge in [0.15, 0.2) is 0 Å². The molecule has 0 atom stereocenters. The van der Waals surface area contributed by atoms with Crippen LogP contribution in [-0.4, -0.2) is 22.0 Å². The molecular formula is C19H19F2N3O. The number of carbonyl (C=O) groups is 1. The second kappa shape index (κ2) is 7.01. The van der Waals surface area contributed by atoms with Crippen molar-refractivity contribution in [2.75, 3.05) is 6.54 Å². The lowest BCUT2D eigenvalue weighted by Gasteiger charge is -2.13. The third-order valence-electron chi connectivity index (χ3n) is 4.01. The molecule has 0 radical (unpaired) electrons. The van der Waals surface area contributed by atoms with E-state index in [1.54, 1.807) is 0 Å². The second-order valence-corrected chi connectivity index (χ2v) is 6.08. The lowest BCUT2D eigenvalue weighted by Crippen LogP contribution is -2.28. The van der Waals surface area contributed by atoms with E-state index in [4.69, 9.17) is 0 Å². The van der Waals surface area contributed by atoms with Crippen molar-refractivity contribution < 1.29 is 13.6 Å². The molecule has 2 aromatic carbocycles. The zero-order chi connectivity index (χ0) is 18.0. The molecular weight excluding hydrogens is 324 g/mol. The summed E-state index contributed by atoms with van der Waals surface area (Å²) in [5.74, 6) is -1.67. The van der Waals surface area contributed by atoms with Crippen LogP contribution in [0.3, 0.4) is 0 Å². The van der Waals surface area contributed by atoms with Crippen LogP contribution in [0, 0.1) is 11.6 Å². The first-order chi connectivity index (χ1) is 12.0. The van der Waals surface area contributed by atoms with Gasteiger partial charge in [-0.3, -0.25) is 4.79 Å². The number of aromatic nitrogens is 2. The predicted molar refractivity (Wildman–Crippen MR) is 92.5 cm³/mol. The molecule has 0 saturated heterocycles. The van der Waals surface area contributed by atoms with Gasteiger partial charge >= 0.3 is 0 Å². The summed E-state index contributed by atoms with van der Waals surface area (Å²) < 4.78 is 29.4. The lowest BCUT2D eigenvalue weighted by molar-refractivity contribution is 0.0945. The molecule has 3 rings (SSSR count). The highest BCUT2D eigenvalue weighted by atomic mass is 19.1. The van der Waals surface area contributed by atoms with Crippen molar-refractivity contribution in [2.24, 2.45) is 0 Å². The highest BCUT2D eigenvalue weighted by Crippen LogP contribution is 2.21. The van der Waals surface area contributed by atoms with E-state index in [9.17, 15) is 13.6 Å². The van der Waals surface area contributed by atoms with E-state index in [2.05, 4.69) is 28.7 Å². The van der Waals surface area contributed by atoms with Gasteiger partial charge in [-0.1, -0.05) is 18.2 Å². The molecule has 6 heteroatoms. The Bertz CT molecular complexity index is 898. The van der Waals surface area contributed by atoms with Crippen LogP contribution in [0.4, 0.5) is 8.78 Å². The van der Waals surface area contributed by atoms with E-state index in [-0.39, 0.29) is 12.6 Å². The zero-order valence-corrected chi connectivity index (χ0v) is 14.1. The van der Waals surface area contributed by atoms with E-state index < -0.39 is 23.1 Å². The Hall–Kier alpha value is -2.76. The highest BCUT2D eigenvalue weighted by molar-refractivity contribution is 5.94. The fraction of sp³-hybridized carbons (Fsp3) is 0.263. The first-order valence-electron chi connectivity index (χ1n) is 8.17. The number of hydrogen-bond donors (Lipinski definition) is 1. The van der Waals surface area contributed by atoms with E-state index >= 15 is 0 Å². The van der Waals surface area contributed by atoms with Crippen LogP contribution in [0.2, 0.25) is 0 Å². The first-order valence-corrected chi connectivity index (χ1v) is 8.17. The maximum atomic E-state index is 13.6. The average Bonchev–Trinajstić information content (AvgIpc) is 2.93. The fourth-order valence-corrected chi connectivity index (χ4v) is 2.94. The smallest absolute Gasteiger partial charge is 0.257 e. The molecule has 1 aromatic heterocycles. The molecule has 0 bridgehead atoms. The number of halogens is 2. The van der Waals surface area contributed by atoms with Gasteiger partial charge in [0.25, 0.3) is 5.91 Å². The summed E-state index contributed by atoms with van der Waals surface area (Å²) >= 11 is 0. The van der Waals surface area contributed by atoms with Crippen LogP contribution < -0.4 is 5.32 Å². The number of hydrogen-bond acceptors (Lipinski definition) is 2. The fourth-order valence-electron chi connectivity index (χ4n) is 2.94. The standard InChI is InChI=1S/C19H19F2N3O/c1-12(2)24-16-9-4-3-8-15(16)23-17(24)10-11-22-19(25)18-13(20)6-5-7-14(18)21/h3-9,12H,10-11H2,1-2H3,(H,22,25). The number of nitrogens with one attached hydrogen (secondary N) is 1. The zero-order valence-electron chi connectivity index (χ0n) is 14.1. The molecule has 1 heterocycles. The Kier molecular flexibility index (Phi) is 4.79. The monoisotopic (exact) mass is 343 g/mol. The van der Waals surface area contributed by atoms with Gasteiger partial charge in [0.2, 0.25) is 0 Å². The van der Waals surface area contributed by atoms with E-state index in [0.717, 1.165) is 29.0 Å². The number of para-hydroxylation sites is 2. The Balaban J connectivity index is 1.75. The van der Waals surface area contributed by atoms with Gasteiger partial charge in [-0.2, -0.15) is 0 Å². The largest absolute Gasteiger partial charge is 0.351 e. The molecule has 130 valence electrons. The van der Waals surface area contributed by atoms with Crippen molar-refractivity contribution in [3.05, 3.63) is 65.5 Å². The van der Waals surface area contributed by atoms with E-state index in [1.807, 2.05) is 24.3 Å². The second-order valence-electron chi connectivity index (χ2n) is 6.08. The van der Waals surface area contributed by atoms with Crippen molar-refractivity contribution in [3.8, 4) is 0 Å². The van der Waals surface area contributed by atoms with Crippen molar-refractivity contribution in [1.82, 2.24) is 14.9 Å². The van der Waals surface area contributed by atoms with Crippen LogP contribution >= 0.6 is 0 Å². The van der Waals surface area contributed by atoms with Crippen molar-refractivity contribution in [1.29, 1.82) is 0 Å². The molecule has 0 fully saturated rings. The van der Waals surface area contributed by atoms with Crippen molar-refractivity contribution in [2.45, 2.75) is 26.3 Å². The number of rotatable bonds is 5. The molecule has 0 aliphatic carbocycles. The molecule has 0 saturated carbocycles. The molecule has 1 amide bonds. The topological polar surface area (TPSA) is 46.9 Å². The summed E-state index contributed by atoms with van der Waals surface area (Å²) in [7, 11) is 0. The molecule has 4 nitrogen and oxygen atoms in total. The van der Waals surface area contributed by atoms with Crippen LogP contribution in [0.15, 0.2) is 42.5 Å². The van der Waals surface area contributed by atoms with Crippen LogP contribution in [-0.2, 0) is 6.42 Å². The van der Waals surface area contributed by atoms with Crippen molar-refractivity contribution in [3.63, 3.8) is 0 Å². The van der Waals surface area contributed by atoms with Gasteiger partial charge in [0, 0.05) is 19.0 Å². The number of nitrogens with zero attached hydrogens (tertiary/aromatic N) is 2. The number of imidazole rings is 1. The summed E-state index contributed by atoms with van der Waals surface area (Å²) in [6, 6.07) is 11.4. The minimum absolute atomic E-state index is 0.210. The highest BCUT2D eigenvalue weighted by Gasteiger charge is 2.17. The van der Waals surface area contributed by atoms with Gasteiger partial charge in [0.1, 0.15) is 23.0 Å². The molecule has 0 unspecified atom stereocenters. The minimum atomic E-state index is -0.869. The van der Waals surface area contributed by atoms with Gasteiger partial charge in [0.05, 0.1) is 11.0 Å². The average molecular weight is 343 g/mol. The summed E-state index contributed by atoms with van der Waals surface area (Å²) in [5.41, 5.74) is 1.36. The summed E-state index contributed by atoms with van der Waals surface area (Å²) in [4.78, 5) is 16.7. The van der Waals surface area contributed by atoms with E-state index in [0.29, 0.717) is 6.42 Å². The predicted octanol–water partition coefficient (Wildman–Crippen LogP) is 3.87. The third-order valence-corrected chi connectivity index (χ3v) is 4.01. The number of amides is 1.